The topological polar surface area (TPSA) is 67.9 Å². The summed E-state index contributed by atoms with van der Waals surface area (Å²) < 4.78 is 12.1. The molecule has 6 nitrogen and oxygen atoms in total. The number of hydrogen-bond acceptors (Lipinski definition) is 4. The van der Waals surface area contributed by atoms with Crippen LogP contribution in [0.5, 0.6) is 11.5 Å². The van der Waals surface area contributed by atoms with Crippen molar-refractivity contribution in [3.8, 4) is 11.5 Å². The van der Waals surface area contributed by atoms with Crippen molar-refractivity contribution in [3.63, 3.8) is 0 Å². The summed E-state index contributed by atoms with van der Waals surface area (Å²) >= 11 is 3.47. The van der Waals surface area contributed by atoms with Crippen LogP contribution in [-0.4, -0.2) is 31.6 Å². The molecular weight excluding hydrogens is 412 g/mol. The van der Waals surface area contributed by atoms with E-state index >= 15 is 0 Å². The molecule has 0 spiro atoms. The van der Waals surface area contributed by atoms with E-state index in [1.807, 2.05) is 42.5 Å². The van der Waals surface area contributed by atoms with Crippen molar-refractivity contribution in [1.29, 1.82) is 0 Å². The molecule has 0 aliphatic carbocycles. The number of amides is 2. The van der Waals surface area contributed by atoms with Gasteiger partial charge in [-0.15, -0.1) is 0 Å². The predicted molar refractivity (Wildman–Crippen MR) is 104 cm³/mol. The van der Waals surface area contributed by atoms with Gasteiger partial charge in [-0.05, 0) is 40.5 Å². The number of halogens is 1. The highest BCUT2D eigenvalue weighted by Crippen LogP contribution is 2.34. The second kappa shape index (κ2) is 7.60. The Morgan fingerprint density at radius 1 is 1.15 bits per heavy atom. The summed E-state index contributed by atoms with van der Waals surface area (Å²) in [4.78, 5) is 27.0. The van der Waals surface area contributed by atoms with Gasteiger partial charge in [-0.3, -0.25) is 9.59 Å². The Kier molecular flexibility index (Phi) is 5.03. The number of fused-ring (bicyclic) bond motifs is 1. The predicted octanol–water partition coefficient (Wildman–Crippen LogP) is 2.89. The maximum absolute atomic E-state index is 12.7. The molecule has 27 heavy (non-hydrogen) atoms. The van der Waals surface area contributed by atoms with Crippen LogP contribution in [0.3, 0.4) is 0 Å². The van der Waals surface area contributed by atoms with Crippen molar-refractivity contribution in [3.05, 3.63) is 52.5 Å². The lowest BCUT2D eigenvalue weighted by molar-refractivity contribution is -0.132. The highest BCUT2D eigenvalue weighted by Gasteiger charge is 2.38. The molecule has 2 aromatic carbocycles. The third-order valence-corrected chi connectivity index (χ3v) is 5.44. The third kappa shape index (κ3) is 3.51. The average Bonchev–Trinajstić information content (AvgIpc) is 3.08. The van der Waals surface area contributed by atoms with Crippen LogP contribution in [0.4, 0.5) is 5.69 Å². The van der Waals surface area contributed by atoms with E-state index in [2.05, 4.69) is 21.2 Å². The SMILES string of the molecule is O=C(NCc1cccc2c1OCCO2)C1CCN(c2ccccc2Br)C1=O. The number of nitrogens with zero attached hydrogens (tertiary/aromatic N) is 1. The first kappa shape index (κ1) is 17.9. The van der Waals surface area contributed by atoms with Crippen LogP contribution in [0.2, 0.25) is 0 Å². The number of benzene rings is 2. The molecule has 1 N–H and O–H groups in total. The van der Waals surface area contributed by atoms with Crippen LogP contribution in [0, 0.1) is 5.92 Å². The highest BCUT2D eigenvalue weighted by atomic mass is 79.9. The number of nitrogens with one attached hydrogen (secondary N) is 1. The molecule has 0 bridgehead atoms. The molecule has 1 saturated heterocycles. The first-order valence-corrected chi connectivity index (χ1v) is 9.65. The summed E-state index contributed by atoms with van der Waals surface area (Å²) in [7, 11) is 0. The summed E-state index contributed by atoms with van der Waals surface area (Å²) in [6.07, 6.45) is 0.499. The fourth-order valence-corrected chi connectivity index (χ4v) is 3.91. The van der Waals surface area contributed by atoms with E-state index in [4.69, 9.17) is 9.47 Å². The van der Waals surface area contributed by atoms with E-state index in [0.29, 0.717) is 44.2 Å². The standard InChI is InChI=1S/C20H19BrN2O4/c21-15-5-1-2-6-16(15)23-9-8-14(20(23)25)19(24)22-12-13-4-3-7-17-18(13)27-11-10-26-17/h1-7,14H,8-12H2,(H,22,24). The minimum absolute atomic E-state index is 0.172. The van der Waals surface area contributed by atoms with Crippen molar-refractivity contribution in [2.75, 3.05) is 24.7 Å². The quantitative estimate of drug-likeness (QED) is 0.757. The second-order valence-electron chi connectivity index (χ2n) is 6.44. The molecule has 2 amide bonds. The van der Waals surface area contributed by atoms with Crippen LogP contribution < -0.4 is 19.7 Å². The maximum atomic E-state index is 12.7. The lowest BCUT2D eigenvalue weighted by atomic mass is 10.1. The van der Waals surface area contributed by atoms with Crippen LogP contribution in [-0.2, 0) is 16.1 Å². The molecule has 7 heteroatoms. The van der Waals surface area contributed by atoms with Crippen LogP contribution in [0.15, 0.2) is 46.9 Å². The van der Waals surface area contributed by atoms with Gasteiger partial charge in [0.2, 0.25) is 11.8 Å². The molecule has 2 heterocycles. The Morgan fingerprint density at radius 3 is 2.81 bits per heavy atom. The number of carbonyl (C=O) groups excluding carboxylic acids is 2. The monoisotopic (exact) mass is 430 g/mol. The Bertz CT molecular complexity index is 886. The van der Waals surface area contributed by atoms with Gasteiger partial charge in [-0.2, -0.15) is 0 Å². The van der Waals surface area contributed by atoms with Crippen LogP contribution in [0.1, 0.15) is 12.0 Å². The molecule has 1 fully saturated rings. The first-order chi connectivity index (χ1) is 13.1. The number of anilines is 1. The number of hydrogen-bond donors (Lipinski definition) is 1. The van der Waals surface area contributed by atoms with E-state index < -0.39 is 5.92 Å². The largest absolute Gasteiger partial charge is 0.486 e. The summed E-state index contributed by atoms with van der Waals surface area (Å²) in [5.74, 6) is 0.244. The molecule has 0 aromatic heterocycles. The lowest BCUT2D eigenvalue weighted by Gasteiger charge is -2.21. The summed E-state index contributed by atoms with van der Waals surface area (Å²) in [6, 6.07) is 13.1. The number of ether oxygens (including phenoxy) is 2. The van der Waals surface area contributed by atoms with Gasteiger partial charge >= 0.3 is 0 Å². The zero-order valence-electron chi connectivity index (χ0n) is 14.6. The Labute approximate surface area is 165 Å². The van der Waals surface area contributed by atoms with Gasteiger partial charge in [0.1, 0.15) is 19.1 Å². The van der Waals surface area contributed by atoms with E-state index in [0.717, 1.165) is 15.7 Å². The zero-order chi connectivity index (χ0) is 18.8. The molecule has 2 aromatic rings. The van der Waals surface area contributed by atoms with Gasteiger partial charge in [0.05, 0.1) is 5.69 Å². The molecule has 2 aliphatic heterocycles. The smallest absolute Gasteiger partial charge is 0.239 e. The summed E-state index contributed by atoms with van der Waals surface area (Å²) in [5.41, 5.74) is 1.63. The summed E-state index contributed by atoms with van der Waals surface area (Å²) in [6.45, 7) is 1.83. The minimum atomic E-state index is -0.672. The molecule has 1 unspecified atom stereocenters. The van der Waals surface area contributed by atoms with Gasteiger partial charge in [0, 0.05) is 23.1 Å². The fourth-order valence-electron chi connectivity index (χ4n) is 3.41. The van der Waals surface area contributed by atoms with Gasteiger partial charge in [0.15, 0.2) is 11.5 Å². The maximum Gasteiger partial charge on any atom is 0.239 e. The number of carbonyl (C=O) groups is 2. The van der Waals surface area contributed by atoms with E-state index in [-0.39, 0.29) is 11.8 Å². The fraction of sp³-hybridized carbons (Fsp3) is 0.300. The number of para-hydroxylation sites is 2. The van der Waals surface area contributed by atoms with E-state index in [1.165, 1.54) is 0 Å². The van der Waals surface area contributed by atoms with Gasteiger partial charge in [0.25, 0.3) is 0 Å². The van der Waals surface area contributed by atoms with Crippen molar-refractivity contribution in [2.24, 2.45) is 5.92 Å². The molecule has 2 aliphatic rings. The van der Waals surface area contributed by atoms with E-state index in [1.54, 1.807) is 4.90 Å². The lowest BCUT2D eigenvalue weighted by Crippen LogP contribution is -2.36. The first-order valence-electron chi connectivity index (χ1n) is 8.86. The molecule has 0 saturated carbocycles. The van der Waals surface area contributed by atoms with Crippen molar-refractivity contribution in [2.45, 2.75) is 13.0 Å². The van der Waals surface area contributed by atoms with Gasteiger partial charge in [-0.25, -0.2) is 0 Å². The molecule has 0 radical (unpaired) electrons. The van der Waals surface area contributed by atoms with Gasteiger partial charge in [-0.1, -0.05) is 24.3 Å². The normalized spacial score (nSPS) is 18.5. The Balaban J connectivity index is 1.43. The second-order valence-corrected chi connectivity index (χ2v) is 7.30. The molecule has 1 atom stereocenters. The number of rotatable bonds is 4. The van der Waals surface area contributed by atoms with Crippen molar-refractivity contribution >= 4 is 33.4 Å². The van der Waals surface area contributed by atoms with Crippen LogP contribution >= 0.6 is 15.9 Å². The highest BCUT2D eigenvalue weighted by molar-refractivity contribution is 9.10. The average molecular weight is 431 g/mol. The molecular formula is C20H19BrN2O4. The molecule has 4 rings (SSSR count). The van der Waals surface area contributed by atoms with Gasteiger partial charge < -0.3 is 19.7 Å². The Morgan fingerprint density at radius 2 is 1.96 bits per heavy atom. The van der Waals surface area contributed by atoms with Crippen LogP contribution in [0.25, 0.3) is 0 Å². The van der Waals surface area contributed by atoms with Crippen molar-refractivity contribution < 1.29 is 19.1 Å². The summed E-state index contributed by atoms with van der Waals surface area (Å²) in [5, 5.41) is 2.87. The van der Waals surface area contributed by atoms with Crippen molar-refractivity contribution in [1.82, 2.24) is 5.32 Å². The van der Waals surface area contributed by atoms with E-state index in [9.17, 15) is 9.59 Å². The molecule has 140 valence electrons. The minimum Gasteiger partial charge on any atom is -0.486 e. The third-order valence-electron chi connectivity index (χ3n) is 4.77. The zero-order valence-corrected chi connectivity index (χ0v) is 16.2. The Hall–Kier alpha value is -2.54.